The number of thioether (sulfide) groups is 1. The third kappa shape index (κ3) is 0.822. The number of ketones is 1. The predicted octanol–water partition coefficient (Wildman–Crippen LogP) is 0.672. The molecule has 0 aromatic heterocycles. The fourth-order valence-electron chi connectivity index (χ4n) is 1.11. The van der Waals surface area contributed by atoms with Crippen LogP contribution in [-0.4, -0.2) is 17.7 Å². The van der Waals surface area contributed by atoms with Gasteiger partial charge in [-0.25, -0.2) is 0 Å². The maximum Gasteiger partial charge on any atom is 0.177 e. The number of hydrogen-bond acceptors (Lipinski definition) is 3. The molecule has 1 saturated heterocycles. The summed E-state index contributed by atoms with van der Waals surface area (Å²) >= 11 is 1.71. The van der Waals surface area contributed by atoms with E-state index in [4.69, 9.17) is 0 Å². The van der Waals surface area contributed by atoms with Gasteiger partial charge in [-0.05, 0) is 6.08 Å². The maximum atomic E-state index is 11.1. The number of rotatable bonds is 0. The molecule has 2 rings (SSSR count). The summed E-state index contributed by atoms with van der Waals surface area (Å²) in [6, 6.07) is -0.0185. The quantitative estimate of drug-likeness (QED) is 0.554. The Bertz CT molecular complexity index is 232. The summed E-state index contributed by atoms with van der Waals surface area (Å²) in [4.78, 5) is 12.2. The van der Waals surface area contributed by atoms with Gasteiger partial charge in [-0.3, -0.25) is 10.1 Å². The summed E-state index contributed by atoms with van der Waals surface area (Å²) in [5.74, 6) is 1.05. The SMILES string of the molecule is O=C1C=CC=C2SCNC12. The predicted molar refractivity (Wildman–Crippen MR) is 41.6 cm³/mol. The molecule has 0 amide bonds. The van der Waals surface area contributed by atoms with Crippen LogP contribution in [0, 0.1) is 0 Å². The fraction of sp³-hybridized carbons (Fsp3) is 0.286. The lowest BCUT2D eigenvalue weighted by molar-refractivity contribution is -0.115. The topological polar surface area (TPSA) is 29.1 Å². The molecule has 1 heterocycles. The van der Waals surface area contributed by atoms with Crippen molar-refractivity contribution in [1.82, 2.24) is 5.32 Å². The molecule has 0 aromatic carbocycles. The number of hydrogen-bond donors (Lipinski definition) is 1. The van der Waals surface area contributed by atoms with Crippen LogP contribution in [0.15, 0.2) is 23.1 Å². The molecule has 1 aliphatic carbocycles. The highest BCUT2D eigenvalue weighted by Crippen LogP contribution is 2.27. The molecular weight excluding hydrogens is 146 g/mol. The lowest BCUT2D eigenvalue weighted by Gasteiger charge is -2.09. The van der Waals surface area contributed by atoms with Crippen LogP contribution >= 0.6 is 11.8 Å². The van der Waals surface area contributed by atoms with E-state index in [1.165, 1.54) is 0 Å². The van der Waals surface area contributed by atoms with Gasteiger partial charge in [-0.15, -0.1) is 11.8 Å². The molecule has 2 aliphatic rings. The molecule has 10 heavy (non-hydrogen) atoms. The van der Waals surface area contributed by atoms with Crippen LogP contribution in [0.3, 0.4) is 0 Å². The monoisotopic (exact) mass is 153 g/mol. The lowest BCUT2D eigenvalue weighted by atomic mass is 10.1. The van der Waals surface area contributed by atoms with Crippen molar-refractivity contribution >= 4 is 17.5 Å². The van der Waals surface area contributed by atoms with Crippen LogP contribution in [0.25, 0.3) is 0 Å². The first-order chi connectivity index (χ1) is 4.88. The summed E-state index contributed by atoms with van der Waals surface area (Å²) in [6.45, 7) is 0. The minimum atomic E-state index is -0.0185. The molecule has 0 aromatic rings. The van der Waals surface area contributed by atoms with Crippen LogP contribution in [0.1, 0.15) is 0 Å². The van der Waals surface area contributed by atoms with Gasteiger partial charge in [0.2, 0.25) is 0 Å². The van der Waals surface area contributed by atoms with Gasteiger partial charge in [0, 0.05) is 10.8 Å². The number of carbonyl (C=O) groups excluding carboxylic acids is 1. The Balaban J connectivity index is 2.33. The third-order valence-electron chi connectivity index (χ3n) is 1.62. The summed E-state index contributed by atoms with van der Waals surface area (Å²) in [6.07, 6.45) is 5.43. The molecule has 1 unspecified atom stereocenters. The molecule has 1 aliphatic heterocycles. The highest BCUT2D eigenvalue weighted by Gasteiger charge is 2.27. The number of nitrogens with one attached hydrogen (secondary N) is 1. The average Bonchev–Trinajstić information content (AvgIpc) is 2.36. The Labute approximate surface area is 63.4 Å². The third-order valence-corrected chi connectivity index (χ3v) is 2.63. The second-order valence-corrected chi connectivity index (χ2v) is 3.31. The summed E-state index contributed by atoms with van der Waals surface area (Å²) in [7, 11) is 0. The molecule has 0 bridgehead atoms. The van der Waals surface area contributed by atoms with Gasteiger partial charge in [0.05, 0.1) is 0 Å². The number of carbonyl (C=O) groups is 1. The van der Waals surface area contributed by atoms with E-state index in [0.29, 0.717) is 0 Å². The van der Waals surface area contributed by atoms with Crippen molar-refractivity contribution in [2.75, 3.05) is 5.88 Å². The molecule has 3 heteroatoms. The van der Waals surface area contributed by atoms with Gasteiger partial charge in [-0.2, -0.15) is 0 Å². The van der Waals surface area contributed by atoms with E-state index < -0.39 is 0 Å². The number of allylic oxidation sites excluding steroid dienone is 2. The van der Waals surface area contributed by atoms with Gasteiger partial charge < -0.3 is 0 Å². The van der Waals surface area contributed by atoms with E-state index in [2.05, 4.69) is 5.32 Å². The maximum absolute atomic E-state index is 11.1. The van der Waals surface area contributed by atoms with E-state index in [0.717, 1.165) is 10.8 Å². The highest BCUT2D eigenvalue weighted by molar-refractivity contribution is 8.03. The number of fused-ring (bicyclic) bond motifs is 1. The second kappa shape index (κ2) is 2.25. The van der Waals surface area contributed by atoms with E-state index in [-0.39, 0.29) is 11.8 Å². The Kier molecular flexibility index (Phi) is 1.39. The minimum absolute atomic E-state index is 0.0185. The van der Waals surface area contributed by atoms with Crippen molar-refractivity contribution in [2.45, 2.75) is 6.04 Å². The lowest BCUT2D eigenvalue weighted by Crippen LogP contribution is -2.31. The Morgan fingerprint density at radius 2 is 2.60 bits per heavy atom. The highest BCUT2D eigenvalue weighted by atomic mass is 32.2. The van der Waals surface area contributed by atoms with Crippen LogP contribution in [0.5, 0.6) is 0 Å². The van der Waals surface area contributed by atoms with Crippen LogP contribution in [-0.2, 0) is 4.79 Å². The van der Waals surface area contributed by atoms with E-state index in [1.54, 1.807) is 17.8 Å². The zero-order valence-corrected chi connectivity index (χ0v) is 6.15. The Hall–Kier alpha value is -0.540. The summed E-state index contributed by atoms with van der Waals surface area (Å²) in [5, 5.41) is 3.10. The first kappa shape index (κ1) is 6.19. The zero-order chi connectivity index (χ0) is 6.97. The largest absolute Gasteiger partial charge is 0.294 e. The Morgan fingerprint density at radius 3 is 3.40 bits per heavy atom. The van der Waals surface area contributed by atoms with E-state index >= 15 is 0 Å². The molecular formula is C7H7NOS. The summed E-state index contributed by atoms with van der Waals surface area (Å²) < 4.78 is 0. The van der Waals surface area contributed by atoms with Crippen molar-refractivity contribution in [1.29, 1.82) is 0 Å². The molecule has 0 radical (unpaired) electrons. The van der Waals surface area contributed by atoms with Crippen molar-refractivity contribution in [3.63, 3.8) is 0 Å². The van der Waals surface area contributed by atoms with Crippen molar-refractivity contribution in [3.8, 4) is 0 Å². The standard InChI is InChI=1S/C7H7NOS/c9-5-2-1-3-6-7(5)8-4-10-6/h1-3,7-8H,4H2. The van der Waals surface area contributed by atoms with Gasteiger partial charge in [0.1, 0.15) is 6.04 Å². The van der Waals surface area contributed by atoms with Crippen molar-refractivity contribution in [3.05, 3.63) is 23.1 Å². The molecule has 2 nitrogen and oxygen atoms in total. The molecule has 0 spiro atoms. The van der Waals surface area contributed by atoms with E-state index in [1.807, 2.05) is 12.2 Å². The van der Waals surface area contributed by atoms with Gasteiger partial charge >= 0.3 is 0 Å². The molecule has 0 saturated carbocycles. The van der Waals surface area contributed by atoms with Gasteiger partial charge in [0.15, 0.2) is 5.78 Å². The smallest absolute Gasteiger partial charge is 0.177 e. The van der Waals surface area contributed by atoms with Crippen LogP contribution < -0.4 is 5.32 Å². The first-order valence-corrected chi connectivity index (χ1v) is 4.15. The second-order valence-electron chi connectivity index (χ2n) is 2.26. The van der Waals surface area contributed by atoms with E-state index in [9.17, 15) is 4.79 Å². The average molecular weight is 153 g/mol. The normalized spacial score (nSPS) is 30.2. The minimum Gasteiger partial charge on any atom is -0.294 e. The van der Waals surface area contributed by atoms with Crippen molar-refractivity contribution < 1.29 is 4.79 Å². The van der Waals surface area contributed by atoms with Crippen LogP contribution in [0.2, 0.25) is 0 Å². The van der Waals surface area contributed by atoms with Crippen LogP contribution in [0.4, 0.5) is 0 Å². The van der Waals surface area contributed by atoms with Gasteiger partial charge in [-0.1, -0.05) is 12.2 Å². The van der Waals surface area contributed by atoms with Gasteiger partial charge in [0.25, 0.3) is 0 Å². The zero-order valence-electron chi connectivity index (χ0n) is 5.33. The molecule has 1 N–H and O–H groups in total. The Morgan fingerprint density at radius 1 is 1.70 bits per heavy atom. The molecule has 52 valence electrons. The fourth-order valence-corrected chi connectivity index (χ4v) is 2.07. The molecule has 1 fully saturated rings. The molecule has 1 atom stereocenters. The van der Waals surface area contributed by atoms with Crippen molar-refractivity contribution in [2.24, 2.45) is 0 Å². The summed E-state index contributed by atoms with van der Waals surface area (Å²) in [5.41, 5.74) is 0. The first-order valence-electron chi connectivity index (χ1n) is 3.16.